The monoisotopic (exact) mass is 619 g/mol. The minimum atomic E-state index is -4.85. The minimum absolute atomic E-state index is 0.0885. The zero-order chi connectivity index (χ0) is 31.6. The van der Waals surface area contributed by atoms with Crippen LogP contribution in [0.3, 0.4) is 0 Å². The molecule has 0 bridgehead atoms. The van der Waals surface area contributed by atoms with Crippen LogP contribution >= 0.6 is 0 Å². The van der Waals surface area contributed by atoms with Gasteiger partial charge in [-0.3, -0.25) is 9.69 Å². The highest BCUT2D eigenvalue weighted by atomic mass is 19.4. The molecule has 2 saturated heterocycles. The van der Waals surface area contributed by atoms with Crippen molar-refractivity contribution in [3.63, 3.8) is 0 Å². The minimum Gasteiger partial charge on any atom is -0.481 e. The quantitative estimate of drug-likeness (QED) is 0.283. The molecule has 3 aromatic rings. The number of carbonyl (C=O) groups is 1. The Kier molecular flexibility index (Phi) is 9.23. The average molecular weight is 620 g/mol. The summed E-state index contributed by atoms with van der Waals surface area (Å²) in [5.41, 5.74) is -0.954. The van der Waals surface area contributed by atoms with Crippen molar-refractivity contribution in [2.24, 2.45) is 0 Å². The Labute approximate surface area is 251 Å². The molecule has 5 rings (SSSR count). The maximum Gasteiger partial charge on any atom is 0.417 e. The summed E-state index contributed by atoms with van der Waals surface area (Å²) in [6.07, 6.45) is -2.25. The molecule has 1 N–H and O–H groups in total. The molecule has 2 aliphatic rings. The second-order valence-corrected chi connectivity index (χ2v) is 10.9. The summed E-state index contributed by atoms with van der Waals surface area (Å²) in [6.45, 7) is 5.68. The van der Waals surface area contributed by atoms with Gasteiger partial charge in [0, 0.05) is 67.2 Å². The Morgan fingerprint density at radius 2 is 1.77 bits per heavy atom. The lowest BCUT2D eigenvalue weighted by Crippen LogP contribution is -2.55. The number of carbonyl (C=O) groups excluding carboxylic acids is 1. The maximum absolute atomic E-state index is 15.8. The first-order chi connectivity index (χ1) is 20.9. The molecule has 0 radical (unpaired) electrons. The highest BCUT2D eigenvalue weighted by molar-refractivity contribution is 6.07. The van der Waals surface area contributed by atoms with Crippen LogP contribution in [0.1, 0.15) is 36.2 Å². The predicted molar refractivity (Wildman–Crippen MR) is 153 cm³/mol. The summed E-state index contributed by atoms with van der Waals surface area (Å²) >= 11 is 0. The van der Waals surface area contributed by atoms with E-state index < -0.39 is 29.0 Å². The number of ether oxygens (including phenoxy) is 2. The largest absolute Gasteiger partial charge is 0.481 e. The van der Waals surface area contributed by atoms with Crippen LogP contribution in [-0.2, 0) is 16.0 Å². The van der Waals surface area contributed by atoms with E-state index in [-0.39, 0.29) is 41.9 Å². The fraction of sp³-hybridized carbons (Fsp3) is 0.433. The number of rotatable bonds is 7. The third-order valence-electron chi connectivity index (χ3n) is 7.87. The van der Waals surface area contributed by atoms with E-state index in [1.165, 1.54) is 25.4 Å². The van der Waals surface area contributed by atoms with Crippen LogP contribution in [0.4, 0.5) is 28.9 Å². The molecule has 14 heteroatoms. The van der Waals surface area contributed by atoms with E-state index in [1.54, 1.807) is 12.1 Å². The van der Waals surface area contributed by atoms with Crippen LogP contribution in [0.2, 0.25) is 0 Å². The van der Waals surface area contributed by atoms with Gasteiger partial charge in [0.05, 0.1) is 36.2 Å². The Balaban J connectivity index is 1.51. The van der Waals surface area contributed by atoms with Crippen molar-refractivity contribution in [2.75, 3.05) is 50.7 Å². The number of likely N-dealkylation sites (N-methyl/N-ethyl adjacent to an activating group) is 1. The Hall–Kier alpha value is -4.01. The van der Waals surface area contributed by atoms with E-state index in [9.17, 15) is 18.0 Å². The molecule has 1 unspecified atom stereocenters. The van der Waals surface area contributed by atoms with Gasteiger partial charge in [0.2, 0.25) is 11.8 Å². The van der Waals surface area contributed by atoms with Gasteiger partial charge < -0.3 is 19.7 Å². The van der Waals surface area contributed by atoms with Crippen LogP contribution in [-0.4, -0.2) is 79.4 Å². The lowest BCUT2D eigenvalue weighted by molar-refractivity contribution is -0.327. The number of alkyl halides is 3. The normalized spacial score (nSPS) is 21.2. The van der Waals surface area contributed by atoms with Crippen molar-refractivity contribution < 1.29 is 41.6 Å². The molecule has 0 spiro atoms. The highest BCUT2D eigenvalue weighted by Gasteiger charge is 2.37. The standard InChI is InChI=1S/C30H33F4N5O5/c1-17-14-39(15-18(2)38(17)3)26-11-24(31)21(19-5-6-27(35-12-19)44-20-7-8-42-43-16-20)9-25(26)37-29(40)22-13-36-28(41-4)10-23(22)30(32,33)34/h5-6,9-13,17-18,20H,7-8,14-16H2,1-4H3,(H,37,40)/t17-,18+,20?. The number of anilines is 2. The Morgan fingerprint density at radius 1 is 1.05 bits per heavy atom. The van der Waals surface area contributed by atoms with Crippen LogP contribution in [0, 0.1) is 5.82 Å². The van der Waals surface area contributed by atoms with Gasteiger partial charge in [-0.1, -0.05) is 0 Å². The number of amides is 1. The molecule has 4 heterocycles. The molecule has 1 amide bonds. The average Bonchev–Trinajstić information content (AvgIpc) is 3.00. The smallest absolute Gasteiger partial charge is 0.417 e. The molecule has 236 valence electrons. The molecule has 0 aliphatic carbocycles. The van der Waals surface area contributed by atoms with Crippen molar-refractivity contribution in [1.29, 1.82) is 0 Å². The summed E-state index contributed by atoms with van der Waals surface area (Å²) in [5, 5.41) is 2.61. The van der Waals surface area contributed by atoms with Crippen LogP contribution < -0.4 is 19.7 Å². The first-order valence-corrected chi connectivity index (χ1v) is 14.0. The molecular weight excluding hydrogens is 586 g/mol. The molecule has 2 fully saturated rings. The molecule has 3 atom stereocenters. The van der Waals surface area contributed by atoms with Crippen molar-refractivity contribution in [2.45, 2.75) is 44.6 Å². The van der Waals surface area contributed by atoms with E-state index in [1.807, 2.05) is 25.8 Å². The Bertz CT molecular complexity index is 1470. The fourth-order valence-corrected chi connectivity index (χ4v) is 5.22. The van der Waals surface area contributed by atoms with Gasteiger partial charge in [-0.2, -0.15) is 13.2 Å². The number of benzene rings is 1. The van der Waals surface area contributed by atoms with Gasteiger partial charge in [-0.05, 0) is 39.1 Å². The number of piperazine rings is 1. The number of hydrogen-bond donors (Lipinski definition) is 1. The molecule has 44 heavy (non-hydrogen) atoms. The molecule has 2 aliphatic heterocycles. The number of nitrogens with one attached hydrogen (secondary N) is 1. The van der Waals surface area contributed by atoms with E-state index in [0.29, 0.717) is 49.3 Å². The summed E-state index contributed by atoms with van der Waals surface area (Å²) in [5.74, 6) is -1.63. The second-order valence-electron chi connectivity index (χ2n) is 10.9. The lowest BCUT2D eigenvalue weighted by atomic mass is 10.0. The molecule has 2 aromatic heterocycles. The number of methoxy groups -OCH3 is 1. The zero-order valence-corrected chi connectivity index (χ0v) is 24.7. The first-order valence-electron chi connectivity index (χ1n) is 14.0. The highest BCUT2D eigenvalue weighted by Crippen LogP contribution is 2.38. The van der Waals surface area contributed by atoms with E-state index in [2.05, 4.69) is 20.2 Å². The second kappa shape index (κ2) is 12.9. The van der Waals surface area contributed by atoms with Gasteiger partial charge in [-0.15, -0.1) is 0 Å². The van der Waals surface area contributed by atoms with Crippen LogP contribution in [0.15, 0.2) is 42.7 Å². The number of pyridine rings is 2. The number of aromatic nitrogens is 2. The number of hydrogen-bond acceptors (Lipinski definition) is 9. The molecule has 10 nitrogen and oxygen atoms in total. The third kappa shape index (κ3) is 6.87. The summed E-state index contributed by atoms with van der Waals surface area (Å²) in [7, 11) is 3.17. The number of halogens is 4. The summed E-state index contributed by atoms with van der Waals surface area (Å²) < 4.78 is 68.2. The zero-order valence-electron chi connectivity index (χ0n) is 24.7. The van der Waals surface area contributed by atoms with Crippen LogP contribution in [0.25, 0.3) is 11.1 Å². The van der Waals surface area contributed by atoms with Gasteiger partial charge in [0.15, 0.2) is 0 Å². The SMILES string of the molecule is COc1cc(C(F)(F)F)c(C(=O)Nc2cc(-c3ccc(OC4CCOOC4)nc3)c(F)cc2N2C[C@@H](C)N(C)[C@@H](C)C2)cn1. The van der Waals surface area contributed by atoms with Crippen molar-refractivity contribution in [3.8, 4) is 22.9 Å². The summed E-state index contributed by atoms with van der Waals surface area (Å²) in [6, 6.07) is 6.73. The maximum atomic E-state index is 15.8. The van der Waals surface area contributed by atoms with Crippen molar-refractivity contribution in [3.05, 3.63) is 59.7 Å². The van der Waals surface area contributed by atoms with E-state index in [0.717, 1.165) is 6.20 Å². The van der Waals surface area contributed by atoms with Gasteiger partial charge >= 0.3 is 6.18 Å². The molecular formula is C30H33F4N5O5. The van der Waals surface area contributed by atoms with Crippen molar-refractivity contribution in [1.82, 2.24) is 14.9 Å². The summed E-state index contributed by atoms with van der Waals surface area (Å²) in [4.78, 5) is 35.4. The van der Waals surface area contributed by atoms with Crippen molar-refractivity contribution >= 4 is 17.3 Å². The molecule has 1 aromatic carbocycles. The lowest BCUT2D eigenvalue weighted by Gasteiger charge is -2.44. The fourth-order valence-electron chi connectivity index (χ4n) is 5.22. The topological polar surface area (TPSA) is 98.3 Å². The third-order valence-corrected chi connectivity index (χ3v) is 7.87. The Morgan fingerprint density at radius 3 is 2.39 bits per heavy atom. The number of nitrogens with zero attached hydrogens (tertiary/aromatic N) is 4. The van der Waals surface area contributed by atoms with Gasteiger partial charge in [-0.25, -0.2) is 24.1 Å². The van der Waals surface area contributed by atoms with Crippen LogP contribution in [0.5, 0.6) is 11.8 Å². The predicted octanol–water partition coefficient (Wildman–Crippen LogP) is 5.19. The van der Waals surface area contributed by atoms with E-state index in [4.69, 9.17) is 19.2 Å². The van der Waals surface area contributed by atoms with Gasteiger partial charge in [0.25, 0.3) is 5.91 Å². The van der Waals surface area contributed by atoms with E-state index >= 15 is 4.39 Å². The molecule has 0 saturated carbocycles. The van der Waals surface area contributed by atoms with Gasteiger partial charge in [0.1, 0.15) is 18.5 Å². The first kappa shape index (κ1) is 31.4.